The van der Waals surface area contributed by atoms with Crippen molar-refractivity contribution in [2.75, 3.05) is 19.0 Å². The van der Waals surface area contributed by atoms with Gasteiger partial charge in [0.05, 0.1) is 5.41 Å². The molecule has 1 fully saturated rings. The Labute approximate surface area is 111 Å². The highest BCUT2D eigenvalue weighted by Crippen LogP contribution is 2.53. The molecular weight excluding hydrogens is 250 g/mol. The molecular formula is C13H14ClN3O. The third kappa shape index (κ3) is 1.77. The summed E-state index contributed by atoms with van der Waals surface area (Å²) in [6.07, 6.45) is 2.09. The van der Waals surface area contributed by atoms with E-state index in [-0.39, 0.29) is 5.41 Å². The molecule has 0 N–H and O–H groups in total. The van der Waals surface area contributed by atoms with E-state index in [0.29, 0.717) is 11.8 Å². The van der Waals surface area contributed by atoms with Gasteiger partial charge in [0.15, 0.2) is 0 Å². The first-order valence-corrected chi connectivity index (χ1v) is 6.27. The lowest BCUT2D eigenvalue weighted by molar-refractivity contribution is 0.359. The lowest BCUT2D eigenvalue weighted by Crippen LogP contribution is -2.12. The zero-order valence-electron chi connectivity index (χ0n) is 10.4. The highest BCUT2D eigenvalue weighted by molar-refractivity contribution is 6.30. The predicted octanol–water partition coefficient (Wildman–Crippen LogP) is 2.87. The van der Waals surface area contributed by atoms with E-state index in [4.69, 9.17) is 16.1 Å². The Hall–Kier alpha value is -1.55. The van der Waals surface area contributed by atoms with Crippen LogP contribution in [0.5, 0.6) is 0 Å². The molecule has 94 valence electrons. The van der Waals surface area contributed by atoms with Gasteiger partial charge in [-0.2, -0.15) is 4.98 Å². The Bertz CT molecular complexity index is 558. The van der Waals surface area contributed by atoms with Crippen molar-refractivity contribution < 1.29 is 4.52 Å². The minimum Gasteiger partial charge on any atom is -0.344 e. The summed E-state index contributed by atoms with van der Waals surface area (Å²) in [4.78, 5) is 6.30. The smallest absolute Gasteiger partial charge is 0.265 e. The van der Waals surface area contributed by atoms with Crippen molar-refractivity contribution in [3.63, 3.8) is 0 Å². The summed E-state index contributed by atoms with van der Waals surface area (Å²) in [5.74, 6) is 1.32. The molecule has 0 radical (unpaired) electrons. The second kappa shape index (κ2) is 3.99. The summed E-state index contributed by atoms with van der Waals surface area (Å²) in [5, 5.41) is 4.72. The highest BCUT2D eigenvalue weighted by Gasteiger charge is 2.51. The molecule has 0 spiro atoms. The van der Waals surface area contributed by atoms with Gasteiger partial charge >= 0.3 is 0 Å². The van der Waals surface area contributed by atoms with Crippen LogP contribution in [0.2, 0.25) is 5.02 Å². The highest BCUT2D eigenvalue weighted by atomic mass is 35.5. The third-order valence-corrected chi connectivity index (χ3v) is 3.62. The molecule has 0 amide bonds. The summed E-state index contributed by atoms with van der Waals surface area (Å²) in [7, 11) is 3.80. The summed E-state index contributed by atoms with van der Waals surface area (Å²) >= 11 is 5.92. The van der Waals surface area contributed by atoms with Gasteiger partial charge in [-0.25, -0.2) is 0 Å². The molecule has 0 bridgehead atoms. The van der Waals surface area contributed by atoms with E-state index < -0.39 is 0 Å². The fourth-order valence-electron chi connectivity index (χ4n) is 2.11. The molecule has 0 aliphatic heterocycles. The van der Waals surface area contributed by atoms with Crippen LogP contribution in [0.4, 0.5) is 5.95 Å². The lowest BCUT2D eigenvalue weighted by atomic mass is 9.96. The van der Waals surface area contributed by atoms with Gasteiger partial charge in [0.2, 0.25) is 5.89 Å². The fourth-order valence-corrected chi connectivity index (χ4v) is 2.24. The van der Waals surface area contributed by atoms with Gasteiger partial charge < -0.3 is 9.42 Å². The van der Waals surface area contributed by atoms with Crippen LogP contribution in [-0.4, -0.2) is 24.2 Å². The summed E-state index contributed by atoms with van der Waals surface area (Å²) < 4.78 is 5.40. The van der Waals surface area contributed by atoms with Crippen molar-refractivity contribution in [3.8, 4) is 0 Å². The zero-order valence-corrected chi connectivity index (χ0v) is 11.1. The SMILES string of the molecule is CN(C)c1noc(C2(c3ccc(Cl)cc3)CC2)n1. The first-order chi connectivity index (χ1) is 8.62. The van der Waals surface area contributed by atoms with Gasteiger partial charge in [-0.3, -0.25) is 0 Å². The van der Waals surface area contributed by atoms with Crippen LogP contribution in [0.3, 0.4) is 0 Å². The van der Waals surface area contributed by atoms with E-state index in [9.17, 15) is 0 Å². The molecule has 1 heterocycles. The second-order valence-corrected chi connectivity index (χ2v) is 5.32. The molecule has 2 aromatic rings. The molecule has 1 saturated carbocycles. The maximum Gasteiger partial charge on any atom is 0.265 e. The van der Waals surface area contributed by atoms with Crippen molar-refractivity contribution in [1.82, 2.24) is 10.1 Å². The first kappa shape index (κ1) is 11.5. The van der Waals surface area contributed by atoms with Crippen LogP contribution in [-0.2, 0) is 5.41 Å². The van der Waals surface area contributed by atoms with Crippen molar-refractivity contribution in [2.24, 2.45) is 0 Å². The summed E-state index contributed by atoms with van der Waals surface area (Å²) in [6.45, 7) is 0. The number of nitrogens with zero attached hydrogens (tertiary/aromatic N) is 3. The Balaban J connectivity index is 1.96. The number of rotatable bonds is 3. The van der Waals surface area contributed by atoms with Gasteiger partial charge in [-0.1, -0.05) is 23.7 Å². The summed E-state index contributed by atoms with van der Waals surface area (Å²) in [5.41, 5.74) is 1.10. The number of benzene rings is 1. The topological polar surface area (TPSA) is 42.2 Å². The molecule has 3 rings (SSSR count). The van der Waals surface area contributed by atoms with Crippen molar-refractivity contribution >= 4 is 17.5 Å². The van der Waals surface area contributed by atoms with Gasteiger partial charge in [-0.05, 0) is 35.7 Å². The molecule has 5 heteroatoms. The predicted molar refractivity (Wildman–Crippen MR) is 70.1 cm³/mol. The monoisotopic (exact) mass is 263 g/mol. The first-order valence-electron chi connectivity index (χ1n) is 5.89. The number of halogens is 1. The Kier molecular flexibility index (Phi) is 2.55. The molecule has 4 nitrogen and oxygen atoms in total. The molecule has 18 heavy (non-hydrogen) atoms. The van der Waals surface area contributed by atoms with Crippen LogP contribution < -0.4 is 4.90 Å². The van der Waals surface area contributed by atoms with Crippen LogP contribution in [0.15, 0.2) is 28.8 Å². The van der Waals surface area contributed by atoms with E-state index >= 15 is 0 Å². The number of aromatic nitrogens is 2. The van der Waals surface area contributed by atoms with Crippen LogP contribution in [0.25, 0.3) is 0 Å². The molecule has 0 unspecified atom stereocenters. The van der Waals surface area contributed by atoms with Gasteiger partial charge in [0, 0.05) is 19.1 Å². The second-order valence-electron chi connectivity index (χ2n) is 4.88. The zero-order chi connectivity index (χ0) is 12.8. The standard InChI is InChI=1S/C13H14ClN3O/c1-17(2)12-15-11(18-16-12)13(7-8-13)9-3-5-10(14)6-4-9/h3-6H,7-8H2,1-2H3. The van der Waals surface area contributed by atoms with Crippen LogP contribution in [0, 0.1) is 0 Å². The minimum absolute atomic E-state index is 0.0914. The third-order valence-electron chi connectivity index (χ3n) is 3.37. The average molecular weight is 264 g/mol. The van der Waals surface area contributed by atoms with Crippen LogP contribution in [0.1, 0.15) is 24.3 Å². The fraction of sp³-hybridized carbons (Fsp3) is 0.385. The van der Waals surface area contributed by atoms with Gasteiger partial charge in [0.1, 0.15) is 0 Å². The van der Waals surface area contributed by atoms with Crippen LogP contribution >= 0.6 is 11.6 Å². The number of hydrogen-bond acceptors (Lipinski definition) is 4. The molecule has 1 aliphatic carbocycles. The molecule has 0 atom stereocenters. The van der Waals surface area contributed by atoms with E-state index in [1.165, 1.54) is 5.56 Å². The number of hydrogen-bond donors (Lipinski definition) is 0. The normalized spacial score (nSPS) is 16.6. The average Bonchev–Trinajstić information content (AvgIpc) is 3.00. The Morgan fingerprint density at radius 2 is 1.89 bits per heavy atom. The van der Waals surface area contributed by atoms with E-state index in [2.05, 4.69) is 10.1 Å². The van der Waals surface area contributed by atoms with Gasteiger partial charge in [0.25, 0.3) is 5.95 Å². The Morgan fingerprint density at radius 1 is 1.22 bits per heavy atom. The van der Waals surface area contributed by atoms with Crippen molar-refractivity contribution in [2.45, 2.75) is 18.3 Å². The summed E-state index contributed by atoms with van der Waals surface area (Å²) in [6, 6.07) is 7.88. The quantitative estimate of drug-likeness (QED) is 0.854. The van der Waals surface area contributed by atoms with Gasteiger partial charge in [-0.15, -0.1) is 0 Å². The van der Waals surface area contributed by atoms with Crippen molar-refractivity contribution in [1.29, 1.82) is 0 Å². The Morgan fingerprint density at radius 3 is 2.39 bits per heavy atom. The van der Waals surface area contributed by atoms with Crippen molar-refractivity contribution in [3.05, 3.63) is 40.7 Å². The number of anilines is 1. The molecule has 1 aliphatic rings. The van der Waals surface area contributed by atoms with E-state index in [0.717, 1.165) is 17.9 Å². The van der Waals surface area contributed by atoms with E-state index in [1.807, 2.05) is 43.3 Å². The molecule has 1 aromatic carbocycles. The van der Waals surface area contributed by atoms with E-state index in [1.54, 1.807) is 0 Å². The minimum atomic E-state index is -0.0914. The maximum absolute atomic E-state index is 5.92. The maximum atomic E-state index is 5.92. The molecule has 1 aromatic heterocycles. The molecule has 0 saturated heterocycles. The lowest BCUT2D eigenvalue weighted by Gasteiger charge is -2.10. The largest absolute Gasteiger partial charge is 0.344 e.